The number of nitro groups is 1. The van der Waals surface area contributed by atoms with Gasteiger partial charge in [0.1, 0.15) is 5.52 Å². The fourth-order valence-electron chi connectivity index (χ4n) is 3.16. The number of nitro benzene ring substituents is 1. The summed E-state index contributed by atoms with van der Waals surface area (Å²) in [5, 5.41) is 24.7. The number of hydrogen-bond donors (Lipinski definition) is 2. The van der Waals surface area contributed by atoms with Crippen molar-refractivity contribution in [1.82, 2.24) is 10.6 Å². The van der Waals surface area contributed by atoms with Crippen molar-refractivity contribution >= 4 is 28.6 Å². The molecule has 0 aliphatic rings. The van der Waals surface area contributed by atoms with Crippen LogP contribution in [0, 0.1) is 10.1 Å². The van der Waals surface area contributed by atoms with Gasteiger partial charge in [-0.15, -0.1) is 0 Å². The Balaban J connectivity index is 1.70. The molecule has 0 spiro atoms. The number of fused-ring (bicyclic) bond motifs is 1. The van der Waals surface area contributed by atoms with Gasteiger partial charge in [0.05, 0.1) is 15.9 Å². The highest BCUT2D eigenvalue weighted by Gasteiger charge is 2.15. The third-order valence-electron chi connectivity index (χ3n) is 4.60. The Morgan fingerprint density at radius 3 is 2.53 bits per heavy atom. The number of nitrogens with one attached hydrogen (secondary N) is 1. The summed E-state index contributed by atoms with van der Waals surface area (Å²) >= 11 is 0. The fraction of sp³-hybridized carbons (Fsp3) is 0. The van der Waals surface area contributed by atoms with E-state index < -0.39 is 10.8 Å². The molecule has 0 bridgehead atoms. The van der Waals surface area contributed by atoms with Crippen LogP contribution in [0.4, 0.5) is 5.69 Å². The maximum atomic E-state index is 11.3. The average molecular weight is 401 g/mol. The van der Waals surface area contributed by atoms with E-state index in [1.165, 1.54) is 17.6 Å². The second-order valence-electron chi connectivity index (χ2n) is 6.45. The zero-order valence-electron chi connectivity index (χ0n) is 15.5. The van der Waals surface area contributed by atoms with Crippen LogP contribution < -0.4 is 5.48 Å². The lowest BCUT2D eigenvalue weighted by Gasteiger charge is -2.04. The lowest BCUT2D eigenvalue weighted by atomic mass is 10.0. The van der Waals surface area contributed by atoms with Crippen LogP contribution in [0.15, 0.2) is 77.3 Å². The summed E-state index contributed by atoms with van der Waals surface area (Å²) < 4.78 is 5.51. The minimum absolute atomic E-state index is 0.0405. The smallest absolute Gasteiger partial charge is 0.277 e. The number of nitrogens with zero attached hydrogens (tertiary/aromatic N) is 2. The Kier molecular flexibility index (Phi) is 5.06. The predicted molar refractivity (Wildman–Crippen MR) is 110 cm³/mol. The molecule has 8 nitrogen and oxygen atoms in total. The van der Waals surface area contributed by atoms with Crippen LogP contribution in [-0.2, 0) is 4.79 Å². The molecule has 1 heterocycles. The first kappa shape index (κ1) is 19.0. The topological polar surface area (TPSA) is 118 Å². The van der Waals surface area contributed by atoms with Crippen molar-refractivity contribution in [3.05, 3.63) is 88.5 Å². The van der Waals surface area contributed by atoms with Crippen LogP contribution >= 0.6 is 0 Å². The number of hydrogen-bond acceptors (Lipinski definition) is 6. The molecular formula is C22H15N3O5. The number of carbonyl (C=O) groups is 1. The Bertz CT molecular complexity index is 1280. The van der Waals surface area contributed by atoms with Gasteiger partial charge in [-0.1, -0.05) is 47.6 Å². The van der Waals surface area contributed by atoms with E-state index in [-0.39, 0.29) is 5.69 Å². The number of benzene rings is 3. The Morgan fingerprint density at radius 1 is 1.07 bits per heavy atom. The van der Waals surface area contributed by atoms with Crippen molar-refractivity contribution in [2.24, 2.45) is 0 Å². The molecule has 30 heavy (non-hydrogen) atoms. The van der Waals surface area contributed by atoms with Crippen molar-refractivity contribution in [2.75, 3.05) is 0 Å². The van der Waals surface area contributed by atoms with E-state index in [0.29, 0.717) is 22.4 Å². The Hall–Kier alpha value is -4.30. The average Bonchev–Trinajstić information content (AvgIpc) is 3.20. The highest BCUT2D eigenvalue weighted by molar-refractivity contribution is 5.95. The van der Waals surface area contributed by atoms with E-state index in [2.05, 4.69) is 5.16 Å². The quantitative estimate of drug-likeness (QED) is 0.219. The van der Waals surface area contributed by atoms with Gasteiger partial charge in [-0.3, -0.25) is 20.1 Å². The zero-order valence-corrected chi connectivity index (χ0v) is 15.5. The number of amides is 1. The molecular weight excluding hydrogens is 386 g/mol. The van der Waals surface area contributed by atoms with Crippen LogP contribution in [0.25, 0.3) is 39.4 Å². The first-order valence-corrected chi connectivity index (χ1v) is 8.92. The third-order valence-corrected chi connectivity index (χ3v) is 4.60. The summed E-state index contributed by atoms with van der Waals surface area (Å²) in [4.78, 5) is 22.1. The first-order chi connectivity index (χ1) is 14.6. The van der Waals surface area contributed by atoms with Crippen LogP contribution in [0.1, 0.15) is 5.56 Å². The SMILES string of the molecule is O=C(/C=C/c1ccc2noc(-c3ccc(-c4ccccc4[N+](=O)[O-])cc3)c2c1)NO. The van der Waals surface area contributed by atoms with Gasteiger partial charge >= 0.3 is 0 Å². The minimum Gasteiger partial charge on any atom is -0.355 e. The first-order valence-electron chi connectivity index (χ1n) is 8.92. The fourth-order valence-corrected chi connectivity index (χ4v) is 3.16. The molecule has 0 radical (unpaired) electrons. The summed E-state index contributed by atoms with van der Waals surface area (Å²) in [6, 6.07) is 19.1. The van der Waals surface area contributed by atoms with Gasteiger partial charge < -0.3 is 4.52 Å². The highest BCUT2D eigenvalue weighted by Crippen LogP contribution is 2.33. The van der Waals surface area contributed by atoms with Gasteiger partial charge in [0.15, 0.2) is 5.76 Å². The second kappa shape index (κ2) is 7.98. The van der Waals surface area contributed by atoms with Gasteiger partial charge in [0.2, 0.25) is 0 Å². The molecule has 0 fully saturated rings. The summed E-state index contributed by atoms with van der Waals surface area (Å²) in [7, 11) is 0. The molecule has 0 aliphatic carbocycles. The molecule has 0 saturated heterocycles. The lowest BCUT2D eigenvalue weighted by molar-refractivity contribution is -0.384. The van der Waals surface area contributed by atoms with Crippen molar-refractivity contribution in [3.63, 3.8) is 0 Å². The van der Waals surface area contributed by atoms with Gasteiger partial charge in [0.25, 0.3) is 11.6 Å². The van der Waals surface area contributed by atoms with E-state index in [4.69, 9.17) is 9.73 Å². The molecule has 0 atom stereocenters. The molecule has 0 aliphatic heterocycles. The van der Waals surface area contributed by atoms with E-state index in [1.54, 1.807) is 48.5 Å². The van der Waals surface area contributed by atoms with Crippen molar-refractivity contribution < 1.29 is 19.4 Å². The van der Waals surface area contributed by atoms with Crippen LogP contribution in [0.3, 0.4) is 0 Å². The molecule has 148 valence electrons. The summed E-state index contributed by atoms with van der Waals surface area (Å²) in [6.45, 7) is 0. The zero-order chi connectivity index (χ0) is 21.1. The minimum atomic E-state index is -0.633. The molecule has 2 N–H and O–H groups in total. The Morgan fingerprint density at radius 2 is 1.80 bits per heavy atom. The van der Waals surface area contributed by atoms with Crippen LogP contribution in [0.2, 0.25) is 0 Å². The van der Waals surface area contributed by atoms with Crippen molar-refractivity contribution in [1.29, 1.82) is 0 Å². The summed E-state index contributed by atoms with van der Waals surface area (Å²) in [5.41, 5.74) is 4.96. The van der Waals surface area contributed by atoms with E-state index in [9.17, 15) is 14.9 Å². The van der Waals surface area contributed by atoms with Crippen molar-refractivity contribution in [2.45, 2.75) is 0 Å². The standard InChI is InChI=1S/C22H15N3O5/c26-21(23-27)12-6-14-5-11-19-18(13-14)22(30-24-19)16-9-7-15(8-10-16)17-3-1-2-4-20(17)25(28)29/h1-13,27H,(H,23,26)/b12-6+. The summed E-state index contributed by atoms with van der Waals surface area (Å²) in [6.07, 6.45) is 2.76. The van der Waals surface area contributed by atoms with Crippen LogP contribution in [-0.4, -0.2) is 21.2 Å². The number of para-hydroxylation sites is 1. The number of rotatable bonds is 5. The van der Waals surface area contributed by atoms with Gasteiger partial charge in [-0.05, 0) is 35.4 Å². The van der Waals surface area contributed by atoms with Gasteiger partial charge in [-0.25, -0.2) is 5.48 Å². The predicted octanol–water partition coefficient (Wildman–Crippen LogP) is 4.59. The van der Waals surface area contributed by atoms with E-state index in [1.807, 2.05) is 18.2 Å². The molecule has 4 aromatic rings. The van der Waals surface area contributed by atoms with Crippen molar-refractivity contribution in [3.8, 4) is 22.5 Å². The maximum Gasteiger partial charge on any atom is 0.277 e. The van der Waals surface area contributed by atoms with Gasteiger partial charge in [0, 0.05) is 17.7 Å². The third kappa shape index (κ3) is 3.67. The summed E-state index contributed by atoms with van der Waals surface area (Å²) in [5.74, 6) is -0.0906. The van der Waals surface area contributed by atoms with Gasteiger partial charge in [-0.2, -0.15) is 0 Å². The van der Waals surface area contributed by atoms with E-state index in [0.717, 1.165) is 16.5 Å². The largest absolute Gasteiger partial charge is 0.355 e. The second-order valence-corrected chi connectivity index (χ2v) is 6.45. The highest BCUT2D eigenvalue weighted by atomic mass is 16.6. The number of carbonyl (C=O) groups excluding carboxylic acids is 1. The lowest BCUT2D eigenvalue weighted by Crippen LogP contribution is -2.14. The molecule has 1 amide bonds. The van der Waals surface area contributed by atoms with E-state index >= 15 is 0 Å². The number of hydroxylamine groups is 1. The normalized spacial score (nSPS) is 11.1. The Labute approximate surface area is 170 Å². The molecule has 3 aromatic carbocycles. The number of aromatic nitrogens is 1. The maximum absolute atomic E-state index is 11.3. The van der Waals surface area contributed by atoms with Crippen LogP contribution in [0.5, 0.6) is 0 Å². The molecule has 0 saturated carbocycles. The molecule has 1 aromatic heterocycles. The molecule has 0 unspecified atom stereocenters. The molecule has 8 heteroatoms. The monoisotopic (exact) mass is 401 g/mol. The molecule has 4 rings (SSSR count).